The van der Waals surface area contributed by atoms with E-state index < -0.39 is 0 Å². The summed E-state index contributed by atoms with van der Waals surface area (Å²) in [5.41, 5.74) is 2.14. The number of ether oxygens (including phenoxy) is 1. The van der Waals surface area contributed by atoms with E-state index in [9.17, 15) is 4.79 Å². The third kappa shape index (κ3) is 3.56. The lowest BCUT2D eigenvalue weighted by atomic mass is 9.49. The van der Waals surface area contributed by atoms with Crippen molar-refractivity contribution in [3.8, 4) is 5.75 Å². The molecule has 4 bridgehead atoms. The summed E-state index contributed by atoms with van der Waals surface area (Å²) in [6.45, 7) is 0.720. The molecule has 0 atom stereocenters. The standard InChI is InChI=1S/C26H31NO2/c1-29-24-9-5-6-19(15-24)10-11-27(23-7-3-2-4-8-23)25(28)26-16-20-12-21(17-26)14-22(13-20)18-26/h2-9,15,20-22H,10-14,16-18H2,1H3. The van der Waals surface area contributed by atoms with Gasteiger partial charge in [-0.05, 0) is 92.5 Å². The monoisotopic (exact) mass is 389 g/mol. The van der Waals surface area contributed by atoms with Gasteiger partial charge in [-0.1, -0.05) is 30.3 Å². The number of methoxy groups -OCH3 is 1. The highest BCUT2D eigenvalue weighted by molar-refractivity contribution is 5.98. The van der Waals surface area contributed by atoms with Crippen molar-refractivity contribution in [2.24, 2.45) is 23.2 Å². The Morgan fingerprint density at radius 3 is 2.24 bits per heavy atom. The van der Waals surface area contributed by atoms with Gasteiger partial charge in [-0.3, -0.25) is 4.79 Å². The summed E-state index contributed by atoms with van der Waals surface area (Å²) < 4.78 is 5.38. The molecule has 0 saturated heterocycles. The lowest BCUT2D eigenvalue weighted by Crippen LogP contribution is -2.55. The van der Waals surface area contributed by atoms with Crippen LogP contribution in [0.3, 0.4) is 0 Å². The molecule has 0 N–H and O–H groups in total. The van der Waals surface area contributed by atoms with Crippen molar-refractivity contribution < 1.29 is 9.53 Å². The largest absolute Gasteiger partial charge is 0.497 e. The molecule has 2 aromatic rings. The number of para-hydroxylation sites is 1. The normalized spacial score (nSPS) is 29.6. The first-order valence-electron chi connectivity index (χ1n) is 11.2. The van der Waals surface area contributed by atoms with Gasteiger partial charge in [0.2, 0.25) is 5.91 Å². The molecule has 2 aromatic carbocycles. The Bertz CT molecular complexity index is 840. The van der Waals surface area contributed by atoms with Crippen LogP contribution in [-0.2, 0) is 11.2 Å². The Balaban J connectivity index is 1.41. The Kier molecular flexibility index (Phi) is 4.85. The van der Waals surface area contributed by atoms with Crippen molar-refractivity contribution in [1.82, 2.24) is 0 Å². The lowest BCUT2D eigenvalue weighted by Gasteiger charge is -2.56. The number of carbonyl (C=O) groups is 1. The molecule has 152 valence electrons. The van der Waals surface area contributed by atoms with E-state index in [-0.39, 0.29) is 5.41 Å². The average Bonchev–Trinajstić information content (AvgIpc) is 2.74. The van der Waals surface area contributed by atoms with Gasteiger partial charge in [0.05, 0.1) is 12.5 Å². The van der Waals surface area contributed by atoms with Crippen molar-refractivity contribution in [2.45, 2.75) is 44.9 Å². The van der Waals surface area contributed by atoms with Crippen LogP contribution in [0.2, 0.25) is 0 Å². The minimum atomic E-state index is -0.112. The Hall–Kier alpha value is -2.29. The molecule has 3 heteroatoms. The molecule has 0 heterocycles. The fraction of sp³-hybridized carbons (Fsp3) is 0.500. The second kappa shape index (κ2) is 7.51. The summed E-state index contributed by atoms with van der Waals surface area (Å²) in [7, 11) is 1.70. The van der Waals surface area contributed by atoms with E-state index in [1.54, 1.807) is 7.11 Å². The van der Waals surface area contributed by atoms with Crippen molar-refractivity contribution in [2.75, 3.05) is 18.6 Å². The number of hydrogen-bond donors (Lipinski definition) is 0. The quantitative estimate of drug-likeness (QED) is 0.654. The molecule has 29 heavy (non-hydrogen) atoms. The van der Waals surface area contributed by atoms with Crippen LogP contribution in [0.1, 0.15) is 44.1 Å². The maximum absolute atomic E-state index is 14.0. The third-order valence-corrected chi connectivity index (χ3v) is 7.56. The molecule has 3 nitrogen and oxygen atoms in total. The molecule has 0 radical (unpaired) electrons. The third-order valence-electron chi connectivity index (χ3n) is 7.56. The first-order valence-corrected chi connectivity index (χ1v) is 11.2. The van der Waals surface area contributed by atoms with E-state index in [1.807, 2.05) is 30.3 Å². The maximum atomic E-state index is 14.0. The topological polar surface area (TPSA) is 29.5 Å². The number of amides is 1. The van der Waals surface area contributed by atoms with E-state index in [4.69, 9.17) is 4.74 Å². The smallest absolute Gasteiger partial charge is 0.233 e. The summed E-state index contributed by atoms with van der Waals surface area (Å²) in [5, 5.41) is 0. The number of carbonyl (C=O) groups excluding carboxylic acids is 1. The molecule has 4 aliphatic rings. The number of anilines is 1. The molecular formula is C26H31NO2. The summed E-state index contributed by atoms with van der Waals surface area (Å²) >= 11 is 0. The van der Waals surface area contributed by atoms with Gasteiger partial charge in [-0.25, -0.2) is 0 Å². The fourth-order valence-corrected chi connectivity index (χ4v) is 6.68. The van der Waals surface area contributed by atoms with Gasteiger partial charge in [-0.15, -0.1) is 0 Å². The lowest BCUT2D eigenvalue weighted by molar-refractivity contribution is -0.143. The second-order valence-corrected chi connectivity index (χ2v) is 9.59. The molecule has 0 aliphatic heterocycles. The highest BCUT2D eigenvalue weighted by Crippen LogP contribution is 2.60. The van der Waals surface area contributed by atoms with Crippen LogP contribution >= 0.6 is 0 Å². The van der Waals surface area contributed by atoms with Crippen LogP contribution < -0.4 is 9.64 Å². The van der Waals surface area contributed by atoms with Gasteiger partial charge in [0, 0.05) is 12.2 Å². The van der Waals surface area contributed by atoms with Crippen LogP contribution in [0.4, 0.5) is 5.69 Å². The van der Waals surface area contributed by atoms with Crippen molar-refractivity contribution >= 4 is 11.6 Å². The van der Waals surface area contributed by atoms with Crippen LogP contribution in [0.5, 0.6) is 5.75 Å². The van der Waals surface area contributed by atoms with Gasteiger partial charge >= 0.3 is 0 Å². The summed E-state index contributed by atoms with van der Waals surface area (Å²) in [6.07, 6.45) is 8.26. The van der Waals surface area contributed by atoms with Gasteiger partial charge in [0.1, 0.15) is 5.75 Å². The maximum Gasteiger partial charge on any atom is 0.233 e. The molecule has 4 aliphatic carbocycles. The zero-order valence-corrected chi connectivity index (χ0v) is 17.3. The molecule has 0 spiro atoms. The second-order valence-electron chi connectivity index (χ2n) is 9.59. The fourth-order valence-electron chi connectivity index (χ4n) is 6.68. The highest BCUT2D eigenvalue weighted by Gasteiger charge is 2.55. The average molecular weight is 390 g/mol. The molecule has 0 aromatic heterocycles. The number of benzene rings is 2. The Morgan fingerprint density at radius 2 is 1.62 bits per heavy atom. The zero-order chi connectivity index (χ0) is 19.8. The summed E-state index contributed by atoms with van der Waals surface area (Å²) in [5.74, 6) is 3.59. The predicted octanol–water partition coefficient (Wildman–Crippen LogP) is 5.49. The zero-order valence-electron chi connectivity index (χ0n) is 17.3. The minimum Gasteiger partial charge on any atom is -0.497 e. The van der Waals surface area contributed by atoms with Crippen molar-refractivity contribution in [1.29, 1.82) is 0 Å². The van der Waals surface area contributed by atoms with Gasteiger partial charge < -0.3 is 9.64 Å². The van der Waals surface area contributed by atoms with Gasteiger partial charge in [0.15, 0.2) is 0 Å². The van der Waals surface area contributed by atoms with Gasteiger partial charge in [0.25, 0.3) is 0 Å². The van der Waals surface area contributed by atoms with Crippen LogP contribution in [0.15, 0.2) is 54.6 Å². The summed E-state index contributed by atoms with van der Waals surface area (Å²) in [6, 6.07) is 18.5. The van der Waals surface area contributed by atoms with Crippen LogP contribution in [0, 0.1) is 23.2 Å². The van der Waals surface area contributed by atoms with Crippen LogP contribution in [0.25, 0.3) is 0 Å². The molecule has 4 saturated carbocycles. The highest BCUT2D eigenvalue weighted by atomic mass is 16.5. The van der Waals surface area contributed by atoms with E-state index in [0.29, 0.717) is 5.91 Å². The van der Waals surface area contributed by atoms with E-state index in [2.05, 4.69) is 29.2 Å². The Morgan fingerprint density at radius 1 is 0.966 bits per heavy atom. The van der Waals surface area contributed by atoms with Gasteiger partial charge in [-0.2, -0.15) is 0 Å². The molecule has 6 rings (SSSR count). The predicted molar refractivity (Wildman–Crippen MR) is 116 cm³/mol. The van der Waals surface area contributed by atoms with Crippen LogP contribution in [-0.4, -0.2) is 19.6 Å². The number of nitrogens with zero attached hydrogens (tertiary/aromatic N) is 1. The number of rotatable bonds is 6. The molecular weight excluding hydrogens is 358 g/mol. The number of hydrogen-bond acceptors (Lipinski definition) is 2. The van der Waals surface area contributed by atoms with E-state index in [0.717, 1.165) is 61.4 Å². The van der Waals surface area contributed by atoms with Crippen molar-refractivity contribution in [3.63, 3.8) is 0 Å². The van der Waals surface area contributed by atoms with E-state index in [1.165, 1.54) is 24.8 Å². The summed E-state index contributed by atoms with van der Waals surface area (Å²) in [4.78, 5) is 16.1. The van der Waals surface area contributed by atoms with Crippen molar-refractivity contribution in [3.05, 3.63) is 60.2 Å². The first kappa shape index (κ1) is 18.7. The SMILES string of the molecule is COc1cccc(CCN(C(=O)C23CC4CC(CC(C4)C2)C3)c2ccccc2)c1. The minimum absolute atomic E-state index is 0.112. The Labute approximate surface area is 174 Å². The molecule has 1 amide bonds. The molecule has 0 unspecified atom stereocenters. The van der Waals surface area contributed by atoms with E-state index >= 15 is 0 Å². The first-order chi connectivity index (χ1) is 14.1. The molecule has 4 fully saturated rings.